The molecule has 0 amide bonds. The Labute approximate surface area is 119 Å². The zero-order chi connectivity index (χ0) is 14.5. The fraction of sp³-hybridized carbons (Fsp3) is 0.467. The van der Waals surface area contributed by atoms with E-state index in [4.69, 9.17) is 0 Å². The number of nitrogens with zero attached hydrogens (tertiary/aromatic N) is 4. The Morgan fingerprint density at radius 2 is 2.00 bits per heavy atom. The molecule has 106 valence electrons. The average Bonchev–Trinajstić information content (AvgIpc) is 2.44. The molecule has 0 atom stereocenters. The number of anilines is 1. The van der Waals surface area contributed by atoms with Gasteiger partial charge < -0.3 is 5.32 Å². The number of hydrogen-bond donors (Lipinski definition) is 1. The highest BCUT2D eigenvalue weighted by Crippen LogP contribution is 2.20. The molecule has 0 aromatic carbocycles. The zero-order valence-corrected chi connectivity index (χ0v) is 12.5. The molecule has 0 saturated carbocycles. The van der Waals surface area contributed by atoms with Crippen molar-refractivity contribution in [1.82, 2.24) is 19.9 Å². The van der Waals surface area contributed by atoms with Gasteiger partial charge in [-0.1, -0.05) is 20.8 Å². The summed E-state index contributed by atoms with van der Waals surface area (Å²) in [5.74, 6) is 2.59. The van der Waals surface area contributed by atoms with Crippen molar-refractivity contribution in [1.29, 1.82) is 0 Å². The molecule has 0 aliphatic heterocycles. The van der Waals surface area contributed by atoms with Crippen LogP contribution in [-0.4, -0.2) is 26.5 Å². The van der Waals surface area contributed by atoms with Gasteiger partial charge in [-0.25, -0.2) is 19.9 Å². The predicted octanol–water partition coefficient (Wildman–Crippen LogP) is 3.19. The molecule has 0 aliphatic carbocycles. The van der Waals surface area contributed by atoms with Crippen LogP contribution in [0.15, 0.2) is 18.3 Å². The number of rotatable bonds is 5. The van der Waals surface area contributed by atoms with Gasteiger partial charge in [0.05, 0.1) is 0 Å². The third-order valence-electron chi connectivity index (χ3n) is 2.90. The summed E-state index contributed by atoms with van der Waals surface area (Å²) in [7, 11) is 0. The SMILES string of the molecule is CCCNc1cc(C(C)C)nc(-c2ccnc(C)n2)n1. The predicted molar refractivity (Wildman–Crippen MR) is 80.7 cm³/mol. The largest absolute Gasteiger partial charge is 0.370 e. The van der Waals surface area contributed by atoms with Crippen LogP contribution in [0.2, 0.25) is 0 Å². The third-order valence-corrected chi connectivity index (χ3v) is 2.90. The standard InChI is InChI=1S/C15H21N5/c1-5-7-17-14-9-13(10(2)3)19-15(20-14)12-6-8-16-11(4)18-12/h6,8-10H,5,7H2,1-4H3,(H,17,19,20). The number of aryl methyl sites for hydroxylation is 1. The van der Waals surface area contributed by atoms with Crippen LogP contribution in [0.4, 0.5) is 5.82 Å². The Bertz CT molecular complexity index is 580. The van der Waals surface area contributed by atoms with E-state index in [0.29, 0.717) is 11.7 Å². The molecule has 20 heavy (non-hydrogen) atoms. The first-order valence-electron chi connectivity index (χ1n) is 7.03. The van der Waals surface area contributed by atoms with Crippen molar-refractivity contribution in [3.05, 3.63) is 29.8 Å². The molecule has 0 spiro atoms. The second-order valence-electron chi connectivity index (χ2n) is 5.07. The van der Waals surface area contributed by atoms with Crippen LogP contribution in [-0.2, 0) is 0 Å². The van der Waals surface area contributed by atoms with Crippen LogP contribution in [0, 0.1) is 6.92 Å². The first-order valence-corrected chi connectivity index (χ1v) is 7.03. The maximum atomic E-state index is 4.61. The van der Waals surface area contributed by atoms with Crippen molar-refractivity contribution in [2.75, 3.05) is 11.9 Å². The van der Waals surface area contributed by atoms with Crippen LogP contribution >= 0.6 is 0 Å². The summed E-state index contributed by atoms with van der Waals surface area (Å²) in [4.78, 5) is 17.7. The van der Waals surface area contributed by atoms with Crippen molar-refractivity contribution < 1.29 is 0 Å². The minimum Gasteiger partial charge on any atom is -0.370 e. The van der Waals surface area contributed by atoms with E-state index in [1.165, 1.54) is 0 Å². The average molecular weight is 271 g/mol. The molecule has 0 radical (unpaired) electrons. The third kappa shape index (κ3) is 3.50. The minimum atomic E-state index is 0.349. The molecule has 2 aromatic heterocycles. The van der Waals surface area contributed by atoms with Crippen LogP contribution in [0.1, 0.15) is 44.6 Å². The van der Waals surface area contributed by atoms with Gasteiger partial charge in [-0.3, -0.25) is 0 Å². The van der Waals surface area contributed by atoms with E-state index in [-0.39, 0.29) is 0 Å². The first kappa shape index (κ1) is 14.4. The van der Waals surface area contributed by atoms with Gasteiger partial charge in [0.2, 0.25) is 0 Å². The lowest BCUT2D eigenvalue weighted by molar-refractivity contribution is 0.814. The van der Waals surface area contributed by atoms with Crippen LogP contribution in [0.3, 0.4) is 0 Å². The van der Waals surface area contributed by atoms with E-state index >= 15 is 0 Å². The van der Waals surface area contributed by atoms with Crippen LogP contribution in [0.25, 0.3) is 11.5 Å². The fourth-order valence-corrected chi connectivity index (χ4v) is 1.80. The molecule has 1 N–H and O–H groups in total. The maximum absolute atomic E-state index is 4.61. The molecule has 0 unspecified atom stereocenters. The highest BCUT2D eigenvalue weighted by Gasteiger charge is 2.10. The van der Waals surface area contributed by atoms with E-state index in [9.17, 15) is 0 Å². The fourth-order valence-electron chi connectivity index (χ4n) is 1.80. The van der Waals surface area contributed by atoms with E-state index in [0.717, 1.165) is 36.0 Å². The summed E-state index contributed by atoms with van der Waals surface area (Å²) in [6.45, 7) is 9.15. The number of aromatic nitrogens is 4. The second-order valence-corrected chi connectivity index (χ2v) is 5.07. The molecule has 2 rings (SSSR count). The zero-order valence-electron chi connectivity index (χ0n) is 12.5. The normalized spacial score (nSPS) is 10.8. The second kappa shape index (κ2) is 6.41. The summed E-state index contributed by atoms with van der Waals surface area (Å²) in [6, 6.07) is 3.86. The molecular weight excluding hydrogens is 250 g/mol. The minimum absolute atomic E-state index is 0.349. The Balaban J connectivity index is 2.43. The molecule has 2 heterocycles. The van der Waals surface area contributed by atoms with Gasteiger partial charge in [0.1, 0.15) is 17.3 Å². The van der Waals surface area contributed by atoms with E-state index < -0.39 is 0 Å². The summed E-state index contributed by atoms with van der Waals surface area (Å²) in [5.41, 5.74) is 1.78. The summed E-state index contributed by atoms with van der Waals surface area (Å²) >= 11 is 0. The Morgan fingerprint density at radius 1 is 1.20 bits per heavy atom. The lowest BCUT2D eigenvalue weighted by atomic mass is 10.1. The Hall–Kier alpha value is -2.04. The molecule has 0 bridgehead atoms. The van der Waals surface area contributed by atoms with Gasteiger partial charge in [-0.05, 0) is 25.3 Å². The van der Waals surface area contributed by atoms with Crippen LogP contribution < -0.4 is 5.32 Å². The molecule has 0 aliphatic rings. The Morgan fingerprint density at radius 3 is 2.65 bits per heavy atom. The van der Waals surface area contributed by atoms with Crippen molar-refractivity contribution >= 4 is 5.82 Å². The van der Waals surface area contributed by atoms with Gasteiger partial charge in [0, 0.05) is 24.5 Å². The van der Waals surface area contributed by atoms with Crippen molar-refractivity contribution in [3.8, 4) is 11.5 Å². The summed E-state index contributed by atoms with van der Waals surface area (Å²) in [6.07, 6.45) is 2.80. The van der Waals surface area contributed by atoms with Crippen molar-refractivity contribution in [2.45, 2.75) is 40.0 Å². The van der Waals surface area contributed by atoms with Crippen molar-refractivity contribution in [2.24, 2.45) is 0 Å². The molecule has 2 aromatic rings. The smallest absolute Gasteiger partial charge is 0.180 e. The van der Waals surface area contributed by atoms with Gasteiger partial charge in [0.25, 0.3) is 0 Å². The number of nitrogens with one attached hydrogen (secondary N) is 1. The van der Waals surface area contributed by atoms with E-state index in [1.807, 2.05) is 19.1 Å². The van der Waals surface area contributed by atoms with Crippen molar-refractivity contribution in [3.63, 3.8) is 0 Å². The summed E-state index contributed by atoms with van der Waals surface area (Å²) < 4.78 is 0. The van der Waals surface area contributed by atoms with Gasteiger partial charge in [-0.15, -0.1) is 0 Å². The molecule has 5 nitrogen and oxygen atoms in total. The highest BCUT2D eigenvalue weighted by molar-refractivity contribution is 5.53. The quantitative estimate of drug-likeness (QED) is 0.904. The monoisotopic (exact) mass is 271 g/mol. The molecule has 0 fully saturated rings. The topological polar surface area (TPSA) is 63.6 Å². The number of hydrogen-bond acceptors (Lipinski definition) is 5. The van der Waals surface area contributed by atoms with E-state index in [1.54, 1.807) is 6.20 Å². The summed E-state index contributed by atoms with van der Waals surface area (Å²) in [5, 5.41) is 3.32. The Kier molecular flexibility index (Phi) is 4.61. The van der Waals surface area contributed by atoms with Gasteiger partial charge in [-0.2, -0.15) is 0 Å². The molecular formula is C15H21N5. The molecule has 0 saturated heterocycles. The van der Waals surface area contributed by atoms with E-state index in [2.05, 4.69) is 46.0 Å². The maximum Gasteiger partial charge on any atom is 0.180 e. The first-order chi connectivity index (χ1) is 9.60. The van der Waals surface area contributed by atoms with Gasteiger partial charge in [0.15, 0.2) is 5.82 Å². The highest BCUT2D eigenvalue weighted by atomic mass is 15.0. The lowest BCUT2D eigenvalue weighted by Crippen LogP contribution is -2.07. The molecule has 5 heteroatoms. The lowest BCUT2D eigenvalue weighted by Gasteiger charge is -2.11. The van der Waals surface area contributed by atoms with Gasteiger partial charge >= 0.3 is 0 Å². The van der Waals surface area contributed by atoms with Crippen LogP contribution in [0.5, 0.6) is 0 Å².